The van der Waals surface area contributed by atoms with Gasteiger partial charge in [0.15, 0.2) is 0 Å². The highest BCUT2D eigenvalue weighted by atomic mass is 127. The van der Waals surface area contributed by atoms with Gasteiger partial charge in [0.05, 0.1) is 11.2 Å². The summed E-state index contributed by atoms with van der Waals surface area (Å²) in [5.74, 6) is 0.446. The maximum atomic E-state index is 6.31. The van der Waals surface area contributed by atoms with E-state index in [1.807, 2.05) is 0 Å². The van der Waals surface area contributed by atoms with E-state index in [-0.39, 0.29) is 11.2 Å². The van der Waals surface area contributed by atoms with Gasteiger partial charge in [-0.15, -0.1) is 0 Å². The van der Waals surface area contributed by atoms with Crippen molar-refractivity contribution in [3.05, 3.63) is 31.8 Å². The monoisotopic (exact) mass is 465 g/mol. The Bertz CT molecular complexity index is 516. The van der Waals surface area contributed by atoms with Gasteiger partial charge in [-0.2, -0.15) is 0 Å². The lowest BCUT2D eigenvalue weighted by molar-refractivity contribution is -0.0778. The van der Waals surface area contributed by atoms with Crippen molar-refractivity contribution in [3.8, 4) is 0 Å². The zero-order chi connectivity index (χ0) is 15.8. The number of hydrogen-bond acceptors (Lipinski definition) is 2. The van der Waals surface area contributed by atoms with Gasteiger partial charge in [0.2, 0.25) is 0 Å². The fourth-order valence-electron chi connectivity index (χ4n) is 3.57. The van der Waals surface area contributed by atoms with Gasteiger partial charge < -0.3 is 10.1 Å². The number of nitrogens with one attached hydrogen (secondary N) is 1. The predicted molar refractivity (Wildman–Crippen MR) is 101 cm³/mol. The number of hydrogen-bond donors (Lipinski definition) is 1. The molecule has 1 heterocycles. The maximum absolute atomic E-state index is 6.31. The van der Waals surface area contributed by atoms with Crippen molar-refractivity contribution in [2.75, 3.05) is 6.54 Å². The van der Waals surface area contributed by atoms with Gasteiger partial charge >= 0.3 is 0 Å². The average molecular weight is 466 g/mol. The second kappa shape index (κ2) is 6.46. The molecule has 0 aliphatic carbocycles. The third-order valence-corrected chi connectivity index (χ3v) is 5.66. The molecule has 0 bridgehead atoms. The van der Waals surface area contributed by atoms with E-state index >= 15 is 0 Å². The van der Waals surface area contributed by atoms with E-state index in [0.717, 1.165) is 13.0 Å². The van der Waals surface area contributed by atoms with Crippen LogP contribution in [-0.4, -0.2) is 17.7 Å². The quantitative estimate of drug-likeness (QED) is 0.609. The fourth-order valence-corrected chi connectivity index (χ4v) is 4.57. The van der Waals surface area contributed by atoms with Crippen LogP contribution in [0.5, 0.6) is 0 Å². The molecule has 0 radical (unpaired) electrons. The Hall–Kier alpha value is 0.350. The first-order chi connectivity index (χ1) is 9.66. The Balaban J connectivity index is 2.42. The molecule has 0 spiro atoms. The molecule has 2 nitrogen and oxygen atoms in total. The highest BCUT2D eigenvalue weighted by Crippen LogP contribution is 2.48. The van der Waals surface area contributed by atoms with Crippen LogP contribution in [0.15, 0.2) is 22.7 Å². The standard InChI is InChI=1S/C17H25BrINO/c1-6-20-15(12-9-11(19)7-8-14(12)18)13-10-16(2,3)21-17(13,4)5/h7-9,13,15,20H,6,10H2,1-5H3. The Morgan fingerprint density at radius 3 is 2.57 bits per heavy atom. The molecule has 0 aromatic heterocycles. The lowest BCUT2D eigenvalue weighted by Crippen LogP contribution is -2.38. The molecule has 1 aliphatic heterocycles. The van der Waals surface area contributed by atoms with E-state index in [0.29, 0.717) is 12.0 Å². The summed E-state index contributed by atoms with van der Waals surface area (Å²) in [7, 11) is 0. The molecule has 21 heavy (non-hydrogen) atoms. The largest absolute Gasteiger partial charge is 0.369 e. The van der Waals surface area contributed by atoms with Gasteiger partial charge in [-0.25, -0.2) is 0 Å². The summed E-state index contributed by atoms with van der Waals surface area (Å²) in [5, 5.41) is 3.69. The molecule has 118 valence electrons. The molecule has 0 saturated carbocycles. The van der Waals surface area contributed by atoms with Crippen LogP contribution in [0.2, 0.25) is 0 Å². The topological polar surface area (TPSA) is 21.3 Å². The lowest BCUT2D eigenvalue weighted by Gasteiger charge is -2.34. The summed E-state index contributed by atoms with van der Waals surface area (Å²) >= 11 is 6.11. The summed E-state index contributed by atoms with van der Waals surface area (Å²) < 4.78 is 8.75. The lowest BCUT2D eigenvalue weighted by atomic mass is 9.79. The summed E-state index contributed by atoms with van der Waals surface area (Å²) in [6.45, 7) is 12.0. The van der Waals surface area contributed by atoms with Crippen LogP contribution >= 0.6 is 38.5 Å². The second-order valence-electron chi connectivity index (χ2n) is 6.98. The van der Waals surface area contributed by atoms with Gasteiger partial charge in [-0.3, -0.25) is 0 Å². The van der Waals surface area contributed by atoms with Crippen molar-refractivity contribution in [2.45, 2.75) is 58.3 Å². The van der Waals surface area contributed by atoms with Crippen molar-refractivity contribution in [1.82, 2.24) is 5.32 Å². The Morgan fingerprint density at radius 1 is 1.38 bits per heavy atom. The van der Waals surface area contributed by atoms with E-state index in [1.54, 1.807) is 0 Å². The summed E-state index contributed by atoms with van der Waals surface area (Å²) in [6, 6.07) is 6.86. The number of rotatable bonds is 4. The third kappa shape index (κ3) is 4.01. The van der Waals surface area contributed by atoms with E-state index in [9.17, 15) is 0 Å². The number of halogens is 2. The normalized spacial score (nSPS) is 25.0. The van der Waals surface area contributed by atoms with E-state index in [2.05, 4.69) is 96.7 Å². The van der Waals surface area contributed by atoms with Crippen LogP contribution in [0.1, 0.15) is 52.6 Å². The summed E-state index contributed by atoms with van der Waals surface area (Å²) in [5.41, 5.74) is 1.15. The molecular weight excluding hydrogens is 441 g/mol. The first kappa shape index (κ1) is 17.7. The molecule has 2 rings (SSSR count). The zero-order valence-electron chi connectivity index (χ0n) is 13.5. The van der Waals surface area contributed by atoms with Gasteiger partial charge in [0.25, 0.3) is 0 Å². The Morgan fingerprint density at radius 2 is 2.05 bits per heavy atom. The predicted octanol–water partition coefficient (Wildman–Crippen LogP) is 5.30. The molecule has 4 heteroatoms. The van der Waals surface area contributed by atoms with Crippen molar-refractivity contribution < 1.29 is 4.74 Å². The minimum atomic E-state index is -0.128. The highest BCUT2D eigenvalue weighted by Gasteiger charge is 2.49. The minimum Gasteiger partial charge on any atom is -0.369 e. The van der Waals surface area contributed by atoms with Crippen molar-refractivity contribution in [1.29, 1.82) is 0 Å². The van der Waals surface area contributed by atoms with Crippen LogP contribution in [0.25, 0.3) is 0 Å². The second-order valence-corrected chi connectivity index (χ2v) is 9.08. The number of benzene rings is 1. The summed E-state index contributed by atoms with van der Waals surface area (Å²) in [4.78, 5) is 0. The molecule has 1 aromatic carbocycles. The SMILES string of the molecule is CCNC(c1cc(I)ccc1Br)C1CC(C)(C)OC1(C)C. The molecule has 2 unspecified atom stereocenters. The smallest absolute Gasteiger partial charge is 0.0681 e. The number of ether oxygens (including phenoxy) is 1. The molecule has 1 aromatic rings. The maximum Gasteiger partial charge on any atom is 0.0681 e. The van der Waals surface area contributed by atoms with Crippen molar-refractivity contribution in [3.63, 3.8) is 0 Å². The van der Waals surface area contributed by atoms with E-state index < -0.39 is 0 Å². The fraction of sp³-hybridized carbons (Fsp3) is 0.647. The van der Waals surface area contributed by atoms with E-state index in [4.69, 9.17) is 4.74 Å². The molecule has 1 N–H and O–H groups in total. The Kier molecular flexibility index (Phi) is 5.44. The van der Waals surface area contributed by atoms with Crippen LogP contribution in [0.3, 0.4) is 0 Å². The minimum absolute atomic E-state index is 0.0593. The molecule has 2 atom stereocenters. The molecule has 0 amide bonds. The van der Waals surface area contributed by atoms with Crippen molar-refractivity contribution >= 4 is 38.5 Å². The zero-order valence-corrected chi connectivity index (χ0v) is 17.2. The van der Waals surface area contributed by atoms with Crippen LogP contribution < -0.4 is 5.32 Å². The van der Waals surface area contributed by atoms with Crippen molar-refractivity contribution in [2.24, 2.45) is 5.92 Å². The van der Waals surface area contributed by atoms with E-state index in [1.165, 1.54) is 13.6 Å². The van der Waals surface area contributed by atoms with Gasteiger partial charge in [0, 0.05) is 20.0 Å². The van der Waals surface area contributed by atoms with Crippen LogP contribution in [0.4, 0.5) is 0 Å². The van der Waals surface area contributed by atoms with Crippen LogP contribution in [0, 0.1) is 9.49 Å². The first-order valence-electron chi connectivity index (χ1n) is 7.55. The Labute approximate surface area is 150 Å². The molecular formula is C17H25BrINO. The average Bonchev–Trinajstić information content (AvgIpc) is 2.57. The molecule has 1 aliphatic rings. The third-order valence-electron chi connectivity index (χ3n) is 4.26. The molecule has 1 fully saturated rings. The van der Waals surface area contributed by atoms with Gasteiger partial charge in [-0.1, -0.05) is 22.9 Å². The molecule has 1 saturated heterocycles. The van der Waals surface area contributed by atoms with Gasteiger partial charge in [0.1, 0.15) is 0 Å². The first-order valence-corrected chi connectivity index (χ1v) is 9.42. The van der Waals surface area contributed by atoms with Gasteiger partial charge in [-0.05, 0) is 87.0 Å². The highest BCUT2D eigenvalue weighted by molar-refractivity contribution is 14.1. The summed E-state index contributed by atoms with van der Waals surface area (Å²) in [6.07, 6.45) is 1.07. The van der Waals surface area contributed by atoms with Crippen LogP contribution in [-0.2, 0) is 4.74 Å².